The molecule has 0 aromatic rings. The molecule has 0 radical (unpaired) electrons. The molecule has 0 aromatic carbocycles. The van der Waals surface area contributed by atoms with Crippen LogP contribution in [0.1, 0.15) is 0 Å². The van der Waals surface area contributed by atoms with Gasteiger partial charge in [0.1, 0.15) is 39.6 Å². The molecule has 16 heavy (non-hydrogen) atoms. The van der Waals surface area contributed by atoms with Gasteiger partial charge in [-0.3, -0.25) is 0 Å². The maximum absolute atomic E-state index is 5.94. The lowest BCUT2D eigenvalue weighted by Gasteiger charge is -2.34. The Balaban J connectivity index is 2.08. The highest BCUT2D eigenvalue weighted by Crippen LogP contribution is 2.14. The van der Waals surface area contributed by atoms with Gasteiger partial charge in [-0.15, -0.1) is 0 Å². The van der Waals surface area contributed by atoms with E-state index in [0.29, 0.717) is 0 Å². The molecule has 4 N–H and O–H groups in total. The highest BCUT2D eigenvalue weighted by molar-refractivity contribution is 4.86. The monoisotopic (exact) mass is 236 g/mol. The third kappa shape index (κ3) is 3.09. The Hall–Kier alpha value is -0.320. The van der Waals surface area contributed by atoms with Crippen LogP contribution in [0.5, 0.6) is 0 Å². The van der Waals surface area contributed by atoms with Gasteiger partial charge in [-0.2, -0.15) is 0 Å². The zero-order valence-corrected chi connectivity index (χ0v) is 8.85. The summed E-state index contributed by atoms with van der Waals surface area (Å²) in [7, 11) is 0. The predicted molar refractivity (Wildman–Crippen MR) is 49.5 cm³/mol. The minimum atomic E-state index is -0.883. The van der Waals surface area contributed by atoms with E-state index in [0.717, 1.165) is 0 Å². The Bertz CT molecular complexity index is 181. The van der Waals surface area contributed by atoms with Gasteiger partial charge in [0.15, 0.2) is 0 Å². The van der Waals surface area contributed by atoms with Crippen molar-refractivity contribution in [3.63, 3.8) is 0 Å². The summed E-state index contributed by atoms with van der Waals surface area (Å²) in [5.41, 5.74) is 10.1. The molecule has 0 aliphatic carbocycles. The summed E-state index contributed by atoms with van der Waals surface area (Å²) < 4.78 is 0. The average molecular weight is 236 g/mol. The van der Waals surface area contributed by atoms with E-state index in [4.69, 9.17) is 40.8 Å². The van der Waals surface area contributed by atoms with Gasteiger partial charge in [0.25, 0.3) is 0 Å². The average Bonchev–Trinajstić information content (AvgIpc) is 2.27. The predicted octanol–water partition coefficient (Wildman–Crippen LogP) is -1.75. The lowest BCUT2D eigenvalue weighted by molar-refractivity contribution is -0.399. The molecule has 3 heterocycles. The van der Waals surface area contributed by atoms with Gasteiger partial charge in [-0.1, -0.05) is 0 Å². The van der Waals surface area contributed by atoms with E-state index < -0.39 is 11.1 Å². The first kappa shape index (κ1) is 12.1. The third-order valence-electron chi connectivity index (χ3n) is 2.33. The molecule has 3 saturated heterocycles. The lowest BCUT2D eigenvalue weighted by atomic mass is 10.1. The van der Waals surface area contributed by atoms with E-state index in [2.05, 4.69) is 0 Å². The normalized spacial score (nSPS) is 42.4. The molecule has 2 bridgehead atoms. The highest BCUT2D eigenvalue weighted by atomic mass is 17.2. The number of fused-ring (bicyclic) bond motifs is 9. The summed E-state index contributed by atoms with van der Waals surface area (Å²) >= 11 is 0. The number of nitrogens with two attached hydrogens (primary N) is 2. The maximum atomic E-state index is 5.94. The molecule has 0 aromatic heterocycles. The first-order valence-electron chi connectivity index (χ1n) is 4.93. The third-order valence-corrected chi connectivity index (χ3v) is 2.33. The Morgan fingerprint density at radius 1 is 0.500 bits per heavy atom. The first-order chi connectivity index (χ1) is 7.62. The van der Waals surface area contributed by atoms with Crippen LogP contribution in [0.25, 0.3) is 0 Å². The fourth-order valence-corrected chi connectivity index (χ4v) is 1.20. The van der Waals surface area contributed by atoms with Crippen molar-refractivity contribution in [2.45, 2.75) is 11.1 Å². The van der Waals surface area contributed by atoms with Crippen LogP contribution >= 0.6 is 0 Å². The number of hydrogen-bond acceptors (Lipinski definition) is 8. The van der Waals surface area contributed by atoms with Crippen molar-refractivity contribution in [3.05, 3.63) is 0 Å². The molecular weight excluding hydrogens is 220 g/mol. The van der Waals surface area contributed by atoms with Crippen LogP contribution in [0, 0.1) is 0 Å². The summed E-state index contributed by atoms with van der Waals surface area (Å²) in [5.74, 6) is 0. The minimum Gasteiger partial charge on any atom is -0.319 e. The second kappa shape index (κ2) is 4.90. The van der Waals surface area contributed by atoms with E-state index in [-0.39, 0.29) is 39.6 Å². The lowest BCUT2D eigenvalue weighted by Crippen LogP contribution is -2.58. The van der Waals surface area contributed by atoms with Crippen LogP contribution in [-0.4, -0.2) is 50.7 Å². The van der Waals surface area contributed by atoms with Crippen LogP contribution in [0.4, 0.5) is 0 Å². The van der Waals surface area contributed by atoms with Crippen molar-refractivity contribution in [1.29, 1.82) is 0 Å². The fourth-order valence-electron chi connectivity index (χ4n) is 1.20. The molecule has 8 heteroatoms. The van der Waals surface area contributed by atoms with Crippen molar-refractivity contribution >= 4 is 0 Å². The molecule has 8 nitrogen and oxygen atoms in total. The largest absolute Gasteiger partial charge is 0.319 e. The van der Waals surface area contributed by atoms with Crippen molar-refractivity contribution < 1.29 is 29.3 Å². The van der Waals surface area contributed by atoms with Crippen molar-refractivity contribution in [2.75, 3.05) is 39.6 Å². The van der Waals surface area contributed by atoms with Crippen LogP contribution in [0.3, 0.4) is 0 Å². The van der Waals surface area contributed by atoms with Crippen LogP contribution in [0.15, 0.2) is 0 Å². The topological polar surface area (TPSA) is 107 Å². The van der Waals surface area contributed by atoms with Crippen molar-refractivity contribution in [3.8, 4) is 0 Å². The number of hydrogen-bond donors (Lipinski definition) is 2. The Kier molecular flexibility index (Phi) is 3.72. The number of rotatable bonds is 0. The maximum Gasteiger partial charge on any atom is 0.105 e. The Labute approximate surface area is 92.4 Å². The molecular formula is C8H16N2O6. The van der Waals surface area contributed by atoms with Crippen molar-refractivity contribution in [1.82, 2.24) is 0 Å². The second-order valence-corrected chi connectivity index (χ2v) is 4.30. The molecule has 3 fully saturated rings. The van der Waals surface area contributed by atoms with E-state index in [9.17, 15) is 0 Å². The summed E-state index contributed by atoms with van der Waals surface area (Å²) in [5, 5.41) is 0. The molecule has 3 rings (SSSR count). The fraction of sp³-hybridized carbons (Fsp3) is 1.00. The summed E-state index contributed by atoms with van der Waals surface area (Å²) in [6.45, 7) is 0.558. The minimum absolute atomic E-state index is 0.0931. The standard InChI is InChI=1S/C8H16N2O6/c9-7-1-11-12-4-8(10,5-15-13-2-7)6-16-14-3-7/h1-6,9-10H2. The van der Waals surface area contributed by atoms with Gasteiger partial charge in [-0.25, -0.2) is 29.3 Å². The quantitative estimate of drug-likeness (QED) is 0.477. The van der Waals surface area contributed by atoms with Crippen molar-refractivity contribution in [2.24, 2.45) is 11.5 Å². The van der Waals surface area contributed by atoms with Crippen LogP contribution in [-0.2, 0) is 29.3 Å². The van der Waals surface area contributed by atoms with E-state index in [1.165, 1.54) is 0 Å². The second-order valence-electron chi connectivity index (χ2n) is 4.30. The smallest absolute Gasteiger partial charge is 0.105 e. The summed E-state index contributed by atoms with van der Waals surface area (Å²) in [6.07, 6.45) is 0. The summed E-state index contributed by atoms with van der Waals surface area (Å²) in [4.78, 5) is 29.8. The highest BCUT2D eigenvalue weighted by Gasteiger charge is 2.35. The zero-order valence-electron chi connectivity index (χ0n) is 8.85. The van der Waals surface area contributed by atoms with E-state index in [1.54, 1.807) is 0 Å². The van der Waals surface area contributed by atoms with Gasteiger partial charge in [0.2, 0.25) is 0 Å². The summed E-state index contributed by atoms with van der Waals surface area (Å²) in [6, 6.07) is 0. The molecule has 3 aliphatic heterocycles. The molecule has 0 saturated carbocycles. The molecule has 0 spiro atoms. The Morgan fingerprint density at radius 3 is 0.875 bits per heavy atom. The molecule has 94 valence electrons. The molecule has 3 aliphatic rings. The molecule has 0 unspecified atom stereocenters. The van der Waals surface area contributed by atoms with Crippen LogP contribution < -0.4 is 11.5 Å². The first-order valence-corrected chi connectivity index (χ1v) is 4.93. The Morgan fingerprint density at radius 2 is 0.688 bits per heavy atom. The molecule has 0 atom stereocenters. The van der Waals surface area contributed by atoms with Gasteiger partial charge in [0.05, 0.1) is 11.1 Å². The van der Waals surface area contributed by atoms with Gasteiger partial charge < -0.3 is 11.5 Å². The van der Waals surface area contributed by atoms with Crippen LogP contribution in [0.2, 0.25) is 0 Å². The van der Waals surface area contributed by atoms with E-state index in [1.807, 2.05) is 0 Å². The zero-order chi connectivity index (χ0) is 11.5. The van der Waals surface area contributed by atoms with E-state index >= 15 is 0 Å². The van der Waals surface area contributed by atoms with Gasteiger partial charge >= 0.3 is 0 Å². The SMILES string of the molecule is NC12COOCC(N)(COOC1)COOC2. The molecule has 0 amide bonds. The van der Waals surface area contributed by atoms with Gasteiger partial charge in [0, 0.05) is 0 Å². The van der Waals surface area contributed by atoms with Gasteiger partial charge in [-0.05, 0) is 0 Å².